The highest BCUT2D eigenvalue weighted by atomic mass is 32.2. The number of amides is 1. The van der Waals surface area contributed by atoms with E-state index in [1.54, 1.807) is 6.20 Å². The molecule has 2 N–H and O–H groups in total. The van der Waals surface area contributed by atoms with Gasteiger partial charge in [-0.2, -0.15) is 4.31 Å². The van der Waals surface area contributed by atoms with Gasteiger partial charge in [-0.3, -0.25) is 10.0 Å². The van der Waals surface area contributed by atoms with Crippen molar-refractivity contribution in [1.82, 2.24) is 14.8 Å². The SMILES string of the molecule is CCCCCC#CC(CS(=O)(=O)N1CCN(c2ccccn2)CC1)C(=O)NO. The molecular weight excluding hydrogens is 380 g/mol. The summed E-state index contributed by atoms with van der Waals surface area (Å²) in [7, 11) is -3.68. The zero-order valence-corrected chi connectivity index (χ0v) is 17.0. The number of piperazine rings is 1. The highest BCUT2D eigenvalue weighted by Gasteiger charge is 2.31. The Hall–Kier alpha value is -2.15. The van der Waals surface area contributed by atoms with Crippen LogP contribution in [0.1, 0.15) is 32.6 Å². The number of carbonyl (C=O) groups excluding carboxylic acids is 1. The fourth-order valence-corrected chi connectivity index (χ4v) is 4.56. The number of sulfonamides is 1. The van der Waals surface area contributed by atoms with Gasteiger partial charge in [-0.1, -0.05) is 31.8 Å². The smallest absolute Gasteiger partial charge is 0.259 e. The van der Waals surface area contributed by atoms with Gasteiger partial charge in [0.25, 0.3) is 5.91 Å². The quantitative estimate of drug-likeness (QED) is 0.290. The minimum atomic E-state index is -3.68. The van der Waals surface area contributed by atoms with E-state index in [9.17, 15) is 13.2 Å². The number of hydroxylamine groups is 1. The predicted octanol–water partition coefficient (Wildman–Crippen LogP) is 1.24. The number of unbranched alkanes of at least 4 members (excludes halogenated alkanes) is 3. The topological polar surface area (TPSA) is 103 Å². The lowest BCUT2D eigenvalue weighted by molar-refractivity contribution is -0.131. The maximum Gasteiger partial charge on any atom is 0.259 e. The van der Waals surface area contributed by atoms with Crippen molar-refractivity contribution in [2.75, 3.05) is 36.8 Å². The van der Waals surface area contributed by atoms with Crippen LogP contribution in [-0.4, -0.2) is 60.8 Å². The lowest BCUT2D eigenvalue weighted by atomic mass is 10.1. The molecule has 2 rings (SSSR count). The lowest BCUT2D eigenvalue weighted by Crippen LogP contribution is -2.50. The number of aromatic nitrogens is 1. The Bertz CT molecular complexity index is 781. The van der Waals surface area contributed by atoms with Gasteiger partial charge in [0.1, 0.15) is 11.7 Å². The van der Waals surface area contributed by atoms with Crippen molar-refractivity contribution in [3.8, 4) is 11.8 Å². The molecule has 1 fully saturated rings. The van der Waals surface area contributed by atoms with Gasteiger partial charge in [0, 0.05) is 38.8 Å². The summed E-state index contributed by atoms with van der Waals surface area (Å²) in [5, 5.41) is 8.92. The highest BCUT2D eigenvalue weighted by Crippen LogP contribution is 2.16. The van der Waals surface area contributed by atoms with E-state index in [1.165, 1.54) is 9.79 Å². The van der Waals surface area contributed by atoms with Crippen LogP contribution in [0.25, 0.3) is 0 Å². The molecule has 1 aliphatic heterocycles. The van der Waals surface area contributed by atoms with Crippen LogP contribution in [0.2, 0.25) is 0 Å². The molecule has 9 heteroatoms. The Morgan fingerprint density at radius 1 is 1.29 bits per heavy atom. The van der Waals surface area contributed by atoms with Gasteiger partial charge in [-0.05, 0) is 18.6 Å². The molecule has 2 heterocycles. The minimum Gasteiger partial charge on any atom is -0.354 e. The Morgan fingerprint density at radius 2 is 2.04 bits per heavy atom. The van der Waals surface area contributed by atoms with E-state index in [1.807, 2.05) is 23.1 Å². The molecule has 1 unspecified atom stereocenters. The van der Waals surface area contributed by atoms with Gasteiger partial charge in [0.15, 0.2) is 0 Å². The van der Waals surface area contributed by atoms with Crippen molar-refractivity contribution in [1.29, 1.82) is 0 Å². The third kappa shape index (κ3) is 6.48. The molecule has 28 heavy (non-hydrogen) atoms. The van der Waals surface area contributed by atoms with Crippen molar-refractivity contribution in [2.45, 2.75) is 32.6 Å². The van der Waals surface area contributed by atoms with Gasteiger partial charge in [-0.15, -0.1) is 5.92 Å². The molecule has 1 atom stereocenters. The van der Waals surface area contributed by atoms with Crippen LogP contribution in [-0.2, 0) is 14.8 Å². The molecule has 1 aromatic heterocycles. The van der Waals surface area contributed by atoms with Crippen LogP contribution in [0.4, 0.5) is 5.82 Å². The normalized spacial score (nSPS) is 16.1. The summed E-state index contributed by atoms with van der Waals surface area (Å²) in [6, 6.07) is 5.61. The zero-order chi connectivity index (χ0) is 20.4. The lowest BCUT2D eigenvalue weighted by Gasteiger charge is -2.34. The first-order chi connectivity index (χ1) is 13.5. The summed E-state index contributed by atoms with van der Waals surface area (Å²) in [6.45, 7) is 3.76. The van der Waals surface area contributed by atoms with Crippen LogP contribution in [0.5, 0.6) is 0 Å². The summed E-state index contributed by atoms with van der Waals surface area (Å²) in [4.78, 5) is 18.2. The largest absolute Gasteiger partial charge is 0.354 e. The maximum absolute atomic E-state index is 12.8. The molecule has 1 saturated heterocycles. The van der Waals surface area contributed by atoms with E-state index in [0.717, 1.165) is 25.1 Å². The predicted molar refractivity (Wildman–Crippen MR) is 107 cm³/mol. The summed E-state index contributed by atoms with van der Waals surface area (Å²) < 4.78 is 26.9. The average Bonchev–Trinajstić information content (AvgIpc) is 2.73. The van der Waals surface area contributed by atoms with Gasteiger partial charge in [0.2, 0.25) is 10.0 Å². The molecule has 0 saturated carbocycles. The van der Waals surface area contributed by atoms with E-state index in [-0.39, 0.29) is 0 Å². The number of nitrogens with zero attached hydrogens (tertiary/aromatic N) is 3. The summed E-state index contributed by atoms with van der Waals surface area (Å²) in [5.41, 5.74) is 1.53. The number of hydrogen-bond donors (Lipinski definition) is 2. The third-order valence-corrected chi connectivity index (χ3v) is 6.50. The second kappa shape index (κ2) is 11.0. The monoisotopic (exact) mass is 408 g/mol. The van der Waals surface area contributed by atoms with Crippen LogP contribution in [0, 0.1) is 17.8 Å². The molecule has 8 nitrogen and oxygen atoms in total. The fraction of sp³-hybridized carbons (Fsp3) is 0.579. The molecule has 154 valence electrons. The van der Waals surface area contributed by atoms with Crippen LogP contribution < -0.4 is 10.4 Å². The van der Waals surface area contributed by atoms with E-state index in [4.69, 9.17) is 5.21 Å². The Morgan fingerprint density at radius 3 is 2.64 bits per heavy atom. The molecular formula is C19H28N4O4S. The second-order valence-corrected chi connectivity index (χ2v) is 8.67. The van der Waals surface area contributed by atoms with Crippen molar-refractivity contribution < 1.29 is 18.4 Å². The first-order valence-corrected chi connectivity index (χ1v) is 11.1. The summed E-state index contributed by atoms with van der Waals surface area (Å²) in [5.74, 6) is 4.07. The number of anilines is 1. The van der Waals surface area contributed by atoms with Crippen LogP contribution in [0.15, 0.2) is 24.4 Å². The van der Waals surface area contributed by atoms with E-state index < -0.39 is 27.6 Å². The number of hydrogen-bond acceptors (Lipinski definition) is 6. The fourth-order valence-electron chi connectivity index (χ4n) is 2.97. The van der Waals surface area contributed by atoms with E-state index in [2.05, 4.69) is 23.7 Å². The molecule has 0 spiro atoms. The molecule has 0 aromatic carbocycles. The summed E-state index contributed by atoms with van der Waals surface area (Å²) in [6.07, 6.45) is 5.30. The molecule has 1 aromatic rings. The van der Waals surface area contributed by atoms with E-state index in [0.29, 0.717) is 32.6 Å². The standard InChI is InChI=1S/C19H28N4O4S/c1-2-3-4-5-6-9-17(19(24)21-25)16-28(26,27)23-14-12-22(13-15-23)18-10-7-8-11-20-18/h7-8,10-11,17,25H,2-5,12-16H2,1H3,(H,21,24). The second-order valence-electron chi connectivity index (χ2n) is 6.66. The number of carbonyl (C=O) groups is 1. The Balaban J connectivity index is 1.97. The molecule has 1 aliphatic rings. The molecule has 0 bridgehead atoms. The average molecular weight is 409 g/mol. The minimum absolute atomic E-state index is 0.316. The van der Waals surface area contributed by atoms with Crippen molar-refractivity contribution >= 4 is 21.7 Å². The number of rotatable bonds is 8. The van der Waals surface area contributed by atoms with Gasteiger partial charge in [0.05, 0.1) is 5.75 Å². The van der Waals surface area contributed by atoms with Crippen LogP contribution in [0.3, 0.4) is 0 Å². The molecule has 1 amide bonds. The first-order valence-electron chi connectivity index (χ1n) is 9.54. The van der Waals surface area contributed by atoms with Crippen molar-refractivity contribution in [2.24, 2.45) is 5.92 Å². The van der Waals surface area contributed by atoms with Gasteiger partial charge in [-0.25, -0.2) is 18.9 Å². The first kappa shape index (κ1) is 22.1. The number of nitrogens with one attached hydrogen (secondary N) is 1. The number of pyridine rings is 1. The van der Waals surface area contributed by atoms with Gasteiger partial charge >= 0.3 is 0 Å². The Kier molecular flexibility index (Phi) is 8.70. The highest BCUT2D eigenvalue weighted by molar-refractivity contribution is 7.89. The van der Waals surface area contributed by atoms with Crippen LogP contribution >= 0.6 is 0 Å². The summed E-state index contributed by atoms with van der Waals surface area (Å²) >= 11 is 0. The molecule has 0 aliphatic carbocycles. The van der Waals surface area contributed by atoms with Gasteiger partial charge < -0.3 is 4.90 Å². The van der Waals surface area contributed by atoms with Crippen molar-refractivity contribution in [3.63, 3.8) is 0 Å². The maximum atomic E-state index is 12.8. The zero-order valence-electron chi connectivity index (χ0n) is 16.2. The Labute approximate surface area is 166 Å². The molecule has 0 radical (unpaired) electrons. The van der Waals surface area contributed by atoms with Crippen molar-refractivity contribution in [3.05, 3.63) is 24.4 Å². The third-order valence-electron chi connectivity index (χ3n) is 4.59. The van der Waals surface area contributed by atoms with E-state index >= 15 is 0 Å².